The van der Waals surface area contributed by atoms with Gasteiger partial charge in [-0.15, -0.1) is 0 Å². The number of halogens is 1. The van der Waals surface area contributed by atoms with Gasteiger partial charge in [-0.05, 0) is 48.2 Å². The van der Waals surface area contributed by atoms with Gasteiger partial charge < -0.3 is 10.1 Å². The zero-order valence-electron chi connectivity index (χ0n) is 13.8. The standard InChI is InChI=1S/C19H20BrNO3/c1-13-3-4-15(11-17(13)20)12-18(22)19(23)21-10-9-14-5-7-16(24-2)8-6-14/h3-8,11H,9-10,12H2,1-2H3,(H,21,23). The predicted octanol–water partition coefficient (Wildman–Crippen LogP) is 3.24. The molecule has 0 aromatic heterocycles. The average molecular weight is 390 g/mol. The van der Waals surface area contributed by atoms with Crippen LogP contribution in [-0.4, -0.2) is 25.3 Å². The highest BCUT2D eigenvalue weighted by Crippen LogP contribution is 2.18. The van der Waals surface area contributed by atoms with E-state index in [1.807, 2.05) is 49.4 Å². The molecule has 0 heterocycles. The van der Waals surface area contributed by atoms with Gasteiger partial charge in [-0.2, -0.15) is 0 Å². The summed E-state index contributed by atoms with van der Waals surface area (Å²) in [6.45, 7) is 2.40. The molecular weight excluding hydrogens is 370 g/mol. The van der Waals surface area contributed by atoms with Crippen molar-refractivity contribution in [3.63, 3.8) is 0 Å². The van der Waals surface area contributed by atoms with Crippen LogP contribution in [0.25, 0.3) is 0 Å². The Bertz CT molecular complexity index is 726. The average Bonchev–Trinajstić information content (AvgIpc) is 2.58. The molecule has 0 spiro atoms. The molecule has 0 aliphatic rings. The molecule has 1 amide bonds. The fourth-order valence-electron chi connectivity index (χ4n) is 2.22. The summed E-state index contributed by atoms with van der Waals surface area (Å²) in [6, 6.07) is 13.3. The van der Waals surface area contributed by atoms with Crippen LogP contribution in [0.5, 0.6) is 5.75 Å². The Hall–Kier alpha value is -2.14. The summed E-state index contributed by atoms with van der Waals surface area (Å²) in [6.07, 6.45) is 0.770. The molecule has 24 heavy (non-hydrogen) atoms. The zero-order chi connectivity index (χ0) is 17.5. The second-order valence-electron chi connectivity index (χ2n) is 5.54. The molecule has 0 aliphatic heterocycles. The molecule has 2 aromatic carbocycles. The van der Waals surface area contributed by atoms with Crippen LogP contribution in [-0.2, 0) is 22.4 Å². The Morgan fingerprint density at radius 1 is 1.08 bits per heavy atom. The van der Waals surface area contributed by atoms with Crippen LogP contribution < -0.4 is 10.1 Å². The van der Waals surface area contributed by atoms with Crippen LogP contribution in [0.2, 0.25) is 0 Å². The van der Waals surface area contributed by atoms with Gasteiger partial charge in [0, 0.05) is 17.4 Å². The van der Waals surface area contributed by atoms with Crippen molar-refractivity contribution in [2.24, 2.45) is 0 Å². The maximum atomic E-state index is 12.0. The third kappa shape index (κ3) is 5.20. The summed E-state index contributed by atoms with van der Waals surface area (Å²) in [5.41, 5.74) is 2.99. The van der Waals surface area contributed by atoms with E-state index in [4.69, 9.17) is 4.74 Å². The summed E-state index contributed by atoms with van der Waals surface area (Å²) >= 11 is 3.43. The van der Waals surface area contributed by atoms with Gasteiger partial charge in [0.15, 0.2) is 0 Å². The van der Waals surface area contributed by atoms with Crippen LogP contribution in [0, 0.1) is 6.92 Å². The minimum atomic E-state index is -0.541. The minimum absolute atomic E-state index is 0.104. The molecule has 0 atom stereocenters. The number of carbonyl (C=O) groups excluding carboxylic acids is 2. The first-order valence-corrected chi connectivity index (χ1v) is 8.48. The van der Waals surface area contributed by atoms with E-state index in [1.54, 1.807) is 7.11 Å². The molecule has 1 N–H and O–H groups in total. The van der Waals surface area contributed by atoms with Crippen molar-refractivity contribution in [1.29, 1.82) is 0 Å². The smallest absolute Gasteiger partial charge is 0.287 e. The lowest BCUT2D eigenvalue weighted by Crippen LogP contribution is -2.33. The third-order valence-electron chi connectivity index (χ3n) is 3.71. The second-order valence-corrected chi connectivity index (χ2v) is 6.39. The van der Waals surface area contributed by atoms with E-state index < -0.39 is 11.7 Å². The van der Waals surface area contributed by atoms with Crippen LogP contribution in [0.3, 0.4) is 0 Å². The number of ketones is 1. The minimum Gasteiger partial charge on any atom is -0.497 e. The summed E-state index contributed by atoms with van der Waals surface area (Å²) in [5, 5.41) is 2.67. The molecule has 2 aromatic rings. The first-order chi connectivity index (χ1) is 11.5. The van der Waals surface area contributed by atoms with Gasteiger partial charge in [0.1, 0.15) is 5.75 Å². The van der Waals surface area contributed by atoms with E-state index in [9.17, 15) is 9.59 Å². The topological polar surface area (TPSA) is 55.4 Å². The quantitative estimate of drug-likeness (QED) is 0.739. The van der Waals surface area contributed by atoms with Crippen LogP contribution in [0.4, 0.5) is 0 Å². The molecule has 0 saturated carbocycles. The number of nitrogens with one attached hydrogen (secondary N) is 1. The number of benzene rings is 2. The van der Waals surface area contributed by atoms with Gasteiger partial charge in [0.2, 0.25) is 5.78 Å². The monoisotopic (exact) mass is 389 g/mol. The fourth-order valence-corrected chi connectivity index (χ4v) is 2.65. The Kier molecular flexibility index (Phi) is 6.55. The van der Waals surface area contributed by atoms with E-state index in [1.165, 1.54) is 0 Å². The summed E-state index contributed by atoms with van der Waals surface area (Å²) in [7, 11) is 1.62. The molecular formula is C19H20BrNO3. The molecule has 0 unspecified atom stereocenters. The molecule has 2 rings (SSSR count). The van der Waals surface area contributed by atoms with E-state index in [0.717, 1.165) is 26.9 Å². The Balaban J connectivity index is 1.80. The lowest BCUT2D eigenvalue weighted by Gasteiger charge is -2.07. The van der Waals surface area contributed by atoms with Gasteiger partial charge in [-0.1, -0.05) is 40.2 Å². The summed E-state index contributed by atoms with van der Waals surface area (Å²) in [4.78, 5) is 23.9. The molecule has 4 nitrogen and oxygen atoms in total. The van der Waals surface area contributed by atoms with E-state index in [0.29, 0.717) is 13.0 Å². The maximum absolute atomic E-state index is 12.0. The van der Waals surface area contributed by atoms with Gasteiger partial charge in [-0.3, -0.25) is 9.59 Å². The SMILES string of the molecule is COc1ccc(CCNC(=O)C(=O)Cc2ccc(C)c(Br)c2)cc1. The Morgan fingerprint density at radius 2 is 1.75 bits per heavy atom. The largest absolute Gasteiger partial charge is 0.497 e. The molecule has 0 saturated heterocycles. The first-order valence-electron chi connectivity index (χ1n) is 7.68. The number of hydrogen-bond donors (Lipinski definition) is 1. The number of rotatable bonds is 7. The Labute approximate surface area is 150 Å². The molecule has 5 heteroatoms. The number of hydrogen-bond acceptors (Lipinski definition) is 3. The maximum Gasteiger partial charge on any atom is 0.287 e. The lowest BCUT2D eigenvalue weighted by atomic mass is 10.1. The van der Waals surface area contributed by atoms with E-state index in [2.05, 4.69) is 21.2 Å². The number of carbonyl (C=O) groups is 2. The van der Waals surface area contributed by atoms with Crippen molar-refractivity contribution in [1.82, 2.24) is 5.32 Å². The van der Waals surface area contributed by atoms with Crippen molar-refractivity contribution >= 4 is 27.6 Å². The molecule has 0 radical (unpaired) electrons. The first kappa shape index (κ1) is 18.2. The van der Waals surface area contributed by atoms with Gasteiger partial charge in [-0.25, -0.2) is 0 Å². The Morgan fingerprint density at radius 3 is 2.38 bits per heavy atom. The van der Waals surface area contributed by atoms with E-state index in [-0.39, 0.29) is 6.42 Å². The number of aryl methyl sites for hydroxylation is 1. The zero-order valence-corrected chi connectivity index (χ0v) is 15.4. The second kappa shape index (κ2) is 8.64. The summed E-state index contributed by atoms with van der Waals surface area (Å²) in [5.74, 6) is -0.178. The predicted molar refractivity (Wildman–Crippen MR) is 97.3 cm³/mol. The highest BCUT2D eigenvalue weighted by atomic mass is 79.9. The summed E-state index contributed by atoms with van der Waals surface area (Å²) < 4.78 is 6.04. The van der Waals surface area contributed by atoms with Gasteiger partial charge in [0.25, 0.3) is 5.91 Å². The van der Waals surface area contributed by atoms with Crippen molar-refractivity contribution < 1.29 is 14.3 Å². The van der Waals surface area contributed by atoms with E-state index >= 15 is 0 Å². The number of amides is 1. The highest BCUT2D eigenvalue weighted by Gasteiger charge is 2.14. The van der Waals surface area contributed by atoms with Crippen LogP contribution in [0.1, 0.15) is 16.7 Å². The molecule has 0 fully saturated rings. The fraction of sp³-hybridized carbons (Fsp3) is 0.263. The van der Waals surface area contributed by atoms with Crippen molar-refractivity contribution in [2.45, 2.75) is 19.8 Å². The number of ether oxygens (including phenoxy) is 1. The third-order valence-corrected chi connectivity index (χ3v) is 4.57. The van der Waals surface area contributed by atoms with Crippen molar-refractivity contribution in [2.75, 3.05) is 13.7 Å². The normalized spacial score (nSPS) is 10.3. The van der Waals surface area contributed by atoms with Crippen LogP contribution >= 0.6 is 15.9 Å². The molecule has 126 valence electrons. The van der Waals surface area contributed by atoms with Crippen LogP contribution in [0.15, 0.2) is 46.9 Å². The number of methoxy groups -OCH3 is 1. The van der Waals surface area contributed by atoms with Crippen molar-refractivity contribution in [3.8, 4) is 5.75 Å². The molecule has 0 aliphatic carbocycles. The van der Waals surface area contributed by atoms with Crippen molar-refractivity contribution in [3.05, 3.63) is 63.6 Å². The lowest BCUT2D eigenvalue weighted by molar-refractivity contribution is -0.137. The van der Waals surface area contributed by atoms with Gasteiger partial charge in [0.05, 0.1) is 7.11 Å². The van der Waals surface area contributed by atoms with Gasteiger partial charge >= 0.3 is 0 Å². The molecule has 0 bridgehead atoms. The number of Topliss-reactive ketones (excluding diaryl/α,β-unsaturated/α-hetero) is 1. The highest BCUT2D eigenvalue weighted by molar-refractivity contribution is 9.10.